The van der Waals surface area contributed by atoms with E-state index in [0.717, 1.165) is 12.0 Å². The SMILES string of the molecule is [CH2-]CCC.[CH2-]c1ccc(C)cc1.[Zn+2]. The Bertz CT molecular complexity index is 166. The summed E-state index contributed by atoms with van der Waals surface area (Å²) in [5.74, 6) is 0. The molecule has 13 heavy (non-hydrogen) atoms. The Labute approximate surface area is 95.5 Å². The molecule has 1 heteroatoms. The Hall–Kier alpha value is -0.287. The average Bonchev–Trinajstić information content (AvgIpc) is 2.11. The Morgan fingerprint density at radius 1 is 1.15 bits per heavy atom. The molecule has 0 saturated carbocycles. The third-order valence-corrected chi connectivity index (χ3v) is 1.47. The second-order valence-electron chi connectivity index (χ2n) is 2.84. The Balaban J connectivity index is 0. The van der Waals surface area contributed by atoms with E-state index in [9.17, 15) is 0 Å². The number of rotatable bonds is 1. The number of hydrogen-bond donors (Lipinski definition) is 0. The summed E-state index contributed by atoms with van der Waals surface area (Å²) in [6.45, 7) is 11.6. The van der Waals surface area contributed by atoms with Crippen LogP contribution in [0.25, 0.3) is 0 Å². The maximum Gasteiger partial charge on any atom is 2.00 e. The minimum absolute atomic E-state index is 0. The van der Waals surface area contributed by atoms with Crippen molar-refractivity contribution in [2.75, 3.05) is 0 Å². The van der Waals surface area contributed by atoms with Gasteiger partial charge < -0.3 is 6.92 Å². The van der Waals surface area contributed by atoms with E-state index in [1.807, 2.05) is 12.1 Å². The topological polar surface area (TPSA) is 0 Å². The van der Waals surface area contributed by atoms with Crippen molar-refractivity contribution in [2.45, 2.75) is 26.7 Å². The number of aryl methyl sites for hydroxylation is 1. The number of benzene rings is 1. The van der Waals surface area contributed by atoms with Crippen molar-refractivity contribution < 1.29 is 19.5 Å². The molecule has 0 N–H and O–H groups in total. The maximum atomic E-state index is 3.76. The molecule has 0 fully saturated rings. The van der Waals surface area contributed by atoms with Gasteiger partial charge in [-0.1, -0.05) is 18.9 Å². The second-order valence-corrected chi connectivity index (χ2v) is 2.84. The van der Waals surface area contributed by atoms with Crippen molar-refractivity contribution in [2.24, 2.45) is 0 Å². The second kappa shape index (κ2) is 9.80. The molecule has 0 aromatic heterocycles. The Morgan fingerprint density at radius 2 is 1.54 bits per heavy atom. The first kappa shape index (κ1) is 15.2. The van der Waals surface area contributed by atoms with Gasteiger partial charge in [0.25, 0.3) is 0 Å². The largest absolute Gasteiger partial charge is 2.00 e. The first-order valence-electron chi connectivity index (χ1n) is 4.38. The molecule has 0 saturated heterocycles. The van der Waals surface area contributed by atoms with E-state index in [1.165, 1.54) is 12.0 Å². The predicted molar refractivity (Wildman–Crippen MR) is 55.9 cm³/mol. The molecule has 0 unspecified atom stereocenters. The standard InChI is InChI=1S/C8H9.C4H9.Zn/c1-7-3-5-8(2)6-4-7;1-3-4-2;/h3-6H,1H2,2H3;1,3-4H2,2H3;/q2*-1;+2. The minimum Gasteiger partial charge on any atom is -0.343 e. The first-order valence-corrected chi connectivity index (χ1v) is 4.38. The van der Waals surface area contributed by atoms with Crippen LogP contribution in [-0.4, -0.2) is 0 Å². The van der Waals surface area contributed by atoms with E-state index in [-0.39, 0.29) is 19.5 Å². The van der Waals surface area contributed by atoms with Gasteiger partial charge in [0.05, 0.1) is 0 Å². The molecule has 1 aromatic rings. The third-order valence-electron chi connectivity index (χ3n) is 1.47. The number of hydrogen-bond acceptors (Lipinski definition) is 0. The van der Waals surface area contributed by atoms with Gasteiger partial charge in [-0.25, -0.2) is 0 Å². The molecule has 68 valence electrons. The Morgan fingerprint density at radius 3 is 1.77 bits per heavy atom. The normalized spacial score (nSPS) is 7.92. The van der Waals surface area contributed by atoms with Gasteiger partial charge in [0.1, 0.15) is 0 Å². The van der Waals surface area contributed by atoms with Gasteiger partial charge in [-0.2, -0.15) is 31.0 Å². The zero-order chi connectivity index (χ0) is 9.40. The minimum atomic E-state index is 0. The number of unbranched alkanes of at least 4 members (excludes halogenated alkanes) is 1. The van der Waals surface area contributed by atoms with Gasteiger partial charge >= 0.3 is 19.5 Å². The van der Waals surface area contributed by atoms with Crippen molar-refractivity contribution in [3.8, 4) is 0 Å². The van der Waals surface area contributed by atoms with Gasteiger partial charge in [-0.15, -0.1) is 12.1 Å². The fourth-order valence-corrected chi connectivity index (χ4v) is 0.588. The summed E-state index contributed by atoms with van der Waals surface area (Å²) < 4.78 is 0. The van der Waals surface area contributed by atoms with Crippen molar-refractivity contribution in [3.63, 3.8) is 0 Å². The van der Waals surface area contributed by atoms with Crippen LogP contribution < -0.4 is 0 Å². The third kappa shape index (κ3) is 9.63. The van der Waals surface area contributed by atoms with Crippen LogP contribution in [0.3, 0.4) is 0 Å². The van der Waals surface area contributed by atoms with Crippen LogP contribution in [0.5, 0.6) is 0 Å². The van der Waals surface area contributed by atoms with Crippen LogP contribution in [0.15, 0.2) is 24.3 Å². The van der Waals surface area contributed by atoms with Crippen LogP contribution in [0, 0.1) is 20.8 Å². The van der Waals surface area contributed by atoms with Crippen LogP contribution >= 0.6 is 0 Å². The van der Waals surface area contributed by atoms with Gasteiger partial charge in [0, 0.05) is 0 Å². The summed E-state index contributed by atoms with van der Waals surface area (Å²) >= 11 is 0. The molecule has 0 spiro atoms. The van der Waals surface area contributed by atoms with Crippen LogP contribution in [0.1, 0.15) is 30.9 Å². The Kier molecular flexibility index (Phi) is 11.5. The molecule has 0 nitrogen and oxygen atoms in total. The molecular formula is C12H18Zn. The summed E-state index contributed by atoms with van der Waals surface area (Å²) in [7, 11) is 0. The molecule has 0 amide bonds. The van der Waals surface area contributed by atoms with Gasteiger partial charge in [-0.3, -0.25) is 0 Å². The van der Waals surface area contributed by atoms with Gasteiger partial charge in [-0.05, 0) is 6.92 Å². The quantitative estimate of drug-likeness (QED) is 0.506. The summed E-state index contributed by atoms with van der Waals surface area (Å²) in [6.07, 6.45) is 2.28. The molecular weight excluding hydrogens is 210 g/mol. The van der Waals surface area contributed by atoms with Crippen LogP contribution in [0.4, 0.5) is 0 Å². The fourth-order valence-electron chi connectivity index (χ4n) is 0.588. The smallest absolute Gasteiger partial charge is 0.343 e. The summed E-state index contributed by atoms with van der Waals surface area (Å²) in [6, 6.07) is 8.13. The van der Waals surface area contributed by atoms with E-state index in [4.69, 9.17) is 0 Å². The molecule has 0 radical (unpaired) electrons. The van der Waals surface area contributed by atoms with E-state index >= 15 is 0 Å². The average molecular weight is 228 g/mol. The van der Waals surface area contributed by atoms with Crippen LogP contribution in [0.2, 0.25) is 0 Å². The monoisotopic (exact) mass is 226 g/mol. The molecule has 0 aliphatic rings. The molecule has 0 heterocycles. The van der Waals surface area contributed by atoms with Crippen molar-refractivity contribution in [1.82, 2.24) is 0 Å². The van der Waals surface area contributed by atoms with Crippen LogP contribution in [-0.2, 0) is 19.5 Å². The fraction of sp³-hybridized carbons (Fsp3) is 0.333. The molecule has 0 bridgehead atoms. The van der Waals surface area contributed by atoms with Crippen molar-refractivity contribution in [1.29, 1.82) is 0 Å². The first-order chi connectivity index (χ1) is 5.70. The zero-order valence-corrected chi connectivity index (χ0v) is 11.8. The zero-order valence-electron chi connectivity index (χ0n) is 8.84. The maximum absolute atomic E-state index is 3.76. The molecule has 0 atom stereocenters. The van der Waals surface area contributed by atoms with Crippen molar-refractivity contribution in [3.05, 3.63) is 49.2 Å². The predicted octanol–water partition coefficient (Wildman–Crippen LogP) is 3.80. The van der Waals surface area contributed by atoms with E-state index in [0.29, 0.717) is 0 Å². The van der Waals surface area contributed by atoms with Gasteiger partial charge in [0.2, 0.25) is 0 Å². The van der Waals surface area contributed by atoms with E-state index in [2.05, 4.69) is 39.8 Å². The van der Waals surface area contributed by atoms with E-state index in [1.54, 1.807) is 0 Å². The molecule has 1 rings (SSSR count). The van der Waals surface area contributed by atoms with E-state index < -0.39 is 0 Å². The summed E-state index contributed by atoms with van der Waals surface area (Å²) in [5.41, 5.74) is 2.37. The van der Waals surface area contributed by atoms with Crippen molar-refractivity contribution >= 4 is 0 Å². The van der Waals surface area contributed by atoms with Gasteiger partial charge in [0.15, 0.2) is 0 Å². The molecule has 1 aromatic carbocycles. The summed E-state index contributed by atoms with van der Waals surface area (Å²) in [5, 5.41) is 0. The summed E-state index contributed by atoms with van der Waals surface area (Å²) in [4.78, 5) is 0. The molecule has 0 aliphatic carbocycles. The molecule has 0 aliphatic heterocycles.